The number of carbonyl (C=O) groups is 1. The van der Waals surface area contributed by atoms with E-state index in [1.54, 1.807) is 42.5 Å². The smallest absolute Gasteiger partial charge is 0.255 e. The fraction of sp³-hybridized carbons (Fsp3) is 0.278. The number of rotatable bonds is 7. The molecule has 0 bridgehead atoms. The Morgan fingerprint density at radius 2 is 2.00 bits per heavy atom. The van der Waals surface area contributed by atoms with Crippen LogP contribution < -0.4 is 10.1 Å². The molecule has 0 saturated carbocycles. The number of carbonyl (C=O) groups excluding carboxylic acids is 1. The summed E-state index contributed by atoms with van der Waals surface area (Å²) in [5.41, 5.74) is 1.19. The maximum atomic E-state index is 12.4. The highest BCUT2D eigenvalue weighted by atomic mass is 35.5. The Kier molecular flexibility index (Phi) is 6.91. The molecule has 0 aliphatic heterocycles. The van der Waals surface area contributed by atoms with Crippen LogP contribution in [0.4, 0.5) is 0 Å². The molecule has 2 N–H and O–H groups in total. The van der Waals surface area contributed by atoms with Gasteiger partial charge in [0.1, 0.15) is 12.4 Å². The number of benzene rings is 2. The molecule has 0 aromatic heterocycles. The van der Waals surface area contributed by atoms with Crippen molar-refractivity contribution in [2.24, 2.45) is 0 Å². The number of halogens is 2. The van der Waals surface area contributed by atoms with Crippen molar-refractivity contribution in [3.05, 3.63) is 63.6 Å². The Morgan fingerprint density at radius 3 is 2.67 bits per heavy atom. The molecule has 1 amide bonds. The summed E-state index contributed by atoms with van der Waals surface area (Å²) in [6, 6.07) is 11.8. The Hall–Kier alpha value is -1.75. The lowest BCUT2D eigenvalue weighted by molar-refractivity contribution is 0.0910. The largest absolute Gasteiger partial charge is 0.488 e. The molecule has 0 aliphatic rings. The molecule has 24 heavy (non-hydrogen) atoms. The van der Waals surface area contributed by atoms with E-state index in [9.17, 15) is 9.90 Å². The lowest BCUT2D eigenvalue weighted by Crippen LogP contribution is -2.37. The van der Waals surface area contributed by atoms with Gasteiger partial charge in [-0.1, -0.05) is 48.3 Å². The van der Waals surface area contributed by atoms with Crippen molar-refractivity contribution < 1.29 is 14.6 Å². The van der Waals surface area contributed by atoms with Gasteiger partial charge >= 0.3 is 0 Å². The second-order valence-corrected chi connectivity index (χ2v) is 6.13. The van der Waals surface area contributed by atoms with Crippen LogP contribution in [0.2, 0.25) is 10.0 Å². The van der Waals surface area contributed by atoms with E-state index >= 15 is 0 Å². The van der Waals surface area contributed by atoms with Gasteiger partial charge in [0.25, 0.3) is 5.91 Å². The predicted octanol–water partition coefficient (Wildman–Crippen LogP) is 4.07. The molecule has 0 unspecified atom stereocenters. The van der Waals surface area contributed by atoms with E-state index in [0.29, 0.717) is 27.8 Å². The summed E-state index contributed by atoms with van der Waals surface area (Å²) in [6.45, 7) is 2.01. The lowest BCUT2D eigenvalue weighted by Gasteiger charge is -2.16. The van der Waals surface area contributed by atoms with Crippen molar-refractivity contribution in [3.63, 3.8) is 0 Å². The minimum atomic E-state index is -0.284. The minimum absolute atomic E-state index is 0.106. The minimum Gasteiger partial charge on any atom is -0.488 e. The number of ether oxygens (including phenoxy) is 1. The van der Waals surface area contributed by atoms with Crippen LogP contribution in [0.1, 0.15) is 29.3 Å². The zero-order chi connectivity index (χ0) is 17.5. The summed E-state index contributed by atoms with van der Waals surface area (Å²) in [7, 11) is 0. The summed E-state index contributed by atoms with van der Waals surface area (Å²) >= 11 is 12.0. The molecular formula is C18H19Cl2NO3. The molecule has 0 aliphatic carbocycles. The molecule has 0 saturated heterocycles. The fourth-order valence-electron chi connectivity index (χ4n) is 2.11. The van der Waals surface area contributed by atoms with Crippen molar-refractivity contribution in [3.8, 4) is 5.75 Å². The Balaban J connectivity index is 2.12. The van der Waals surface area contributed by atoms with Crippen LogP contribution >= 0.6 is 23.2 Å². The van der Waals surface area contributed by atoms with E-state index in [1.807, 2.05) is 6.92 Å². The fourth-order valence-corrected chi connectivity index (χ4v) is 2.58. The average Bonchev–Trinajstić information content (AvgIpc) is 2.59. The number of hydrogen-bond donors (Lipinski definition) is 2. The first-order valence-electron chi connectivity index (χ1n) is 7.62. The van der Waals surface area contributed by atoms with Gasteiger partial charge in [-0.05, 0) is 30.7 Å². The topological polar surface area (TPSA) is 58.6 Å². The van der Waals surface area contributed by atoms with Crippen LogP contribution in [0.3, 0.4) is 0 Å². The molecule has 0 spiro atoms. The first-order chi connectivity index (χ1) is 11.5. The molecule has 6 heteroatoms. The molecule has 0 fully saturated rings. The van der Waals surface area contributed by atoms with E-state index in [2.05, 4.69) is 5.32 Å². The van der Waals surface area contributed by atoms with Gasteiger partial charge in [-0.2, -0.15) is 0 Å². The Labute approximate surface area is 151 Å². The molecule has 4 nitrogen and oxygen atoms in total. The molecule has 2 aromatic carbocycles. The van der Waals surface area contributed by atoms with Crippen LogP contribution in [0.5, 0.6) is 5.75 Å². The Bertz CT molecular complexity index is 702. The first-order valence-corrected chi connectivity index (χ1v) is 8.38. The number of aliphatic hydroxyl groups is 1. The molecule has 0 heterocycles. The Morgan fingerprint density at radius 1 is 1.25 bits per heavy atom. The van der Waals surface area contributed by atoms with E-state index in [1.165, 1.54) is 0 Å². The summed E-state index contributed by atoms with van der Waals surface area (Å²) in [4.78, 5) is 12.4. The van der Waals surface area contributed by atoms with E-state index in [0.717, 1.165) is 5.56 Å². The highest BCUT2D eigenvalue weighted by Gasteiger charge is 2.16. The molecular weight excluding hydrogens is 349 g/mol. The molecule has 0 radical (unpaired) electrons. The van der Waals surface area contributed by atoms with E-state index < -0.39 is 0 Å². The van der Waals surface area contributed by atoms with Crippen LogP contribution in [-0.4, -0.2) is 23.7 Å². The maximum absolute atomic E-state index is 12.4. The van der Waals surface area contributed by atoms with Crippen LogP contribution in [-0.2, 0) is 6.61 Å². The first kappa shape index (κ1) is 18.6. The predicted molar refractivity (Wildman–Crippen MR) is 95.9 cm³/mol. The van der Waals surface area contributed by atoms with E-state index in [-0.39, 0.29) is 25.2 Å². The summed E-state index contributed by atoms with van der Waals surface area (Å²) in [5.74, 6) is 0.169. The second-order valence-electron chi connectivity index (χ2n) is 5.28. The number of para-hydroxylation sites is 1. The van der Waals surface area contributed by atoms with Gasteiger partial charge in [0.05, 0.1) is 18.2 Å². The summed E-state index contributed by atoms with van der Waals surface area (Å²) in [5, 5.41) is 13.1. The third-order valence-electron chi connectivity index (χ3n) is 3.58. The SMILES string of the molecule is CC[C@H](CO)NC(=O)c1ccccc1OCc1ccc(Cl)cc1Cl. The van der Waals surface area contributed by atoms with Crippen LogP contribution in [0, 0.1) is 0 Å². The molecule has 128 valence electrons. The quantitative estimate of drug-likeness (QED) is 0.775. The summed E-state index contributed by atoms with van der Waals surface area (Å²) < 4.78 is 5.76. The number of aliphatic hydroxyl groups excluding tert-OH is 1. The monoisotopic (exact) mass is 367 g/mol. The number of nitrogens with one attached hydrogen (secondary N) is 1. The third kappa shape index (κ3) is 4.87. The van der Waals surface area contributed by atoms with Gasteiger partial charge in [0, 0.05) is 15.6 Å². The van der Waals surface area contributed by atoms with Gasteiger partial charge in [-0.15, -0.1) is 0 Å². The van der Waals surface area contributed by atoms with Gasteiger partial charge in [-0.3, -0.25) is 4.79 Å². The standard InChI is InChI=1S/C18H19Cl2NO3/c1-2-14(10-22)21-18(23)15-5-3-4-6-17(15)24-11-12-7-8-13(19)9-16(12)20/h3-9,14,22H,2,10-11H2,1H3,(H,21,23)/t14-/m1/s1. The summed E-state index contributed by atoms with van der Waals surface area (Å²) in [6.07, 6.45) is 0.644. The highest BCUT2D eigenvalue weighted by Crippen LogP contribution is 2.24. The molecule has 2 aromatic rings. The normalized spacial score (nSPS) is 11.8. The van der Waals surface area contributed by atoms with Gasteiger partial charge < -0.3 is 15.2 Å². The van der Waals surface area contributed by atoms with Crippen molar-refractivity contribution in [1.29, 1.82) is 0 Å². The highest BCUT2D eigenvalue weighted by molar-refractivity contribution is 6.35. The average molecular weight is 368 g/mol. The van der Waals surface area contributed by atoms with Crippen molar-refractivity contribution in [2.45, 2.75) is 26.0 Å². The number of hydrogen-bond acceptors (Lipinski definition) is 3. The molecule has 1 atom stereocenters. The van der Waals surface area contributed by atoms with Gasteiger partial charge in [-0.25, -0.2) is 0 Å². The van der Waals surface area contributed by atoms with Crippen molar-refractivity contribution in [2.75, 3.05) is 6.61 Å². The van der Waals surface area contributed by atoms with Crippen molar-refractivity contribution in [1.82, 2.24) is 5.32 Å². The van der Waals surface area contributed by atoms with E-state index in [4.69, 9.17) is 27.9 Å². The van der Waals surface area contributed by atoms with Crippen LogP contribution in [0.25, 0.3) is 0 Å². The zero-order valence-electron chi connectivity index (χ0n) is 13.3. The molecule has 2 rings (SSSR count). The third-order valence-corrected chi connectivity index (χ3v) is 4.17. The van der Waals surface area contributed by atoms with Gasteiger partial charge in [0.2, 0.25) is 0 Å². The maximum Gasteiger partial charge on any atom is 0.255 e. The lowest BCUT2D eigenvalue weighted by atomic mass is 10.1. The van der Waals surface area contributed by atoms with Crippen molar-refractivity contribution >= 4 is 29.1 Å². The van der Waals surface area contributed by atoms with Crippen LogP contribution in [0.15, 0.2) is 42.5 Å². The zero-order valence-corrected chi connectivity index (χ0v) is 14.8. The second kappa shape index (κ2) is 8.92. The van der Waals surface area contributed by atoms with Gasteiger partial charge in [0.15, 0.2) is 0 Å². The number of amides is 1.